The summed E-state index contributed by atoms with van der Waals surface area (Å²) >= 11 is 0. The molecule has 92 valence electrons. The highest BCUT2D eigenvalue weighted by atomic mass is 31.0. The molecule has 2 rings (SSSR count). The van der Waals surface area contributed by atoms with E-state index in [4.69, 9.17) is 9.26 Å². The van der Waals surface area contributed by atoms with Crippen molar-refractivity contribution in [3.05, 3.63) is 23.3 Å². The van der Waals surface area contributed by atoms with Crippen LogP contribution in [0.5, 0.6) is 11.5 Å². The van der Waals surface area contributed by atoms with Crippen molar-refractivity contribution in [1.29, 1.82) is 0 Å². The van der Waals surface area contributed by atoms with E-state index in [2.05, 4.69) is 23.3 Å². The third-order valence-electron chi connectivity index (χ3n) is 3.07. The first-order valence-electron chi connectivity index (χ1n) is 5.67. The van der Waals surface area contributed by atoms with E-state index in [1.165, 1.54) is 0 Å². The van der Waals surface area contributed by atoms with Gasteiger partial charge in [-0.25, -0.2) is 0 Å². The zero-order chi connectivity index (χ0) is 12.6. The van der Waals surface area contributed by atoms with Gasteiger partial charge in [-0.15, -0.1) is 0 Å². The van der Waals surface area contributed by atoms with Crippen LogP contribution in [0.2, 0.25) is 0 Å². The number of hydrogen-bond donors (Lipinski definition) is 0. The van der Waals surface area contributed by atoms with Crippen LogP contribution in [0.4, 0.5) is 0 Å². The van der Waals surface area contributed by atoms with Gasteiger partial charge in [0.05, 0.1) is 15.0 Å². The van der Waals surface area contributed by atoms with E-state index in [9.17, 15) is 4.79 Å². The van der Waals surface area contributed by atoms with Crippen molar-refractivity contribution in [2.24, 2.45) is 0 Å². The van der Waals surface area contributed by atoms with Gasteiger partial charge in [0, 0.05) is 5.56 Å². The number of carbonyl (C=O) groups is 1. The fraction of sp³-hybridized carbons (Fsp3) is 0.462. The molecule has 17 heavy (non-hydrogen) atoms. The summed E-state index contributed by atoms with van der Waals surface area (Å²) in [5.41, 5.74) is 1.45. The van der Waals surface area contributed by atoms with Gasteiger partial charge in [0.2, 0.25) is 0 Å². The number of Topliss-reactive ketones (excluding diaryl/α,β-unsaturated/α-hetero) is 1. The van der Waals surface area contributed by atoms with Gasteiger partial charge in [-0.05, 0) is 45.7 Å². The second kappa shape index (κ2) is 4.30. The average molecular weight is 252 g/mol. The normalized spacial score (nSPS) is 16.9. The van der Waals surface area contributed by atoms with Crippen LogP contribution in [0, 0.1) is 0 Å². The Kier molecular flexibility index (Phi) is 3.13. The van der Waals surface area contributed by atoms with Crippen molar-refractivity contribution in [3.63, 3.8) is 0 Å². The monoisotopic (exact) mass is 252 g/mol. The van der Waals surface area contributed by atoms with E-state index >= 15 is 0 Å². The summed E-state index contributed by atoms with van der Waals surface area (Å²) in [6.07, 6.45) is 1.75. The van der Waals surface area contributed by atoms with Gasteiger partial charge >= 0.3 is 0 Å². The van der Waals surface area contributed by atoms with Crippen LogP contribution in [-0.4, -0.2) is 11.4 Å². The molecule has 0 saturated heterocycles. The molecule has 3 nitrogen and oxygen atoms in total. The zero-order valence-electron chi connectivity index (χ0n) is 10.4. The number of rotatable bonds is 2. The molecule has 1 aliphatic heterocycles. The van der Waals surface area contributed by atoms with E-state index in [1.54, 1.807) is 13.0 Å². The van der Waals surface area contributed by atoms with Gasteiger partial charge in [-0.1, -0.05) is 0 Å². The fourth-order valence-electron chi connectivity index (χ4n) is 2.21. The maximum absolute atomic E-state index is 11.7. The van der Waals surface area contributed by atoms with Crippen LogP contribution in [-0.2, 0) is 6.42 Å². The molecular weight excluding hydrogens is 235 g/mol. The maximum atomic E-state index is 11.7. The first-order valence-corrected chi connectivity index (χ1v) is 6.14. The molecule has 0 bridgehead atoms. The van der Waals surface area contributed by atoms with Crippen LogP contribution in [0.25, 0.3) is 0 Å². The van der Waals surface area contributed by atoms with E-state index in [-0.39, 0.29) is 11.4 Å². The van der Waals surface area contributed by atoms with Crippen molar-refractivity contribution >= 4 is 15.2 Å². The molecule has 1 unspecified atom stereocenters. The van der Waals surface area contributed by atoms with Crippen LogP contribution < -0.4 is 9.26 Å². The summed E-state index contributed by atoms with van der Waals surface area (Å²) < 4.78 is 11.1. The molecular formula is C13H17O3P. The van der Waals surface area contributed by atoms with Crippen molar-refractivity contribution in [3.8, 4) is 11.5 Å². The maximum Gasteiger partial charge on any atom is 0.163 e. The number of carbonyl (C=O) groups excluding carboxylic acids is 1. The van der Waals surface area contributed by atoms with Crippen molar-refractivity contribution in [2.45, 2.75) is 39.2 Å². The molecule has 1 aromatic rings. The molecule has 1 atom stereocenters. The van der Waals surface area contributed by atoms with Crippen LogP contribution in [0.15, 0.2) is 12.1 Å². The van der Waals surface area contributed by atoms with Gasteiger partial charge in [0.15, 0.2) is 5.78 Å². The van der Waals surface area contributed by atoms with Crippen LogP contribution >= 0.6 is 9.47 Å². The SMILES string of the molecule is CC(=O)c1c(OP)ccc2c1CCC(C)(C)O2. The first kappa shape index (κ1) is 12.4. The lowest BCUT2D eigenvalue weighted by atomic mass is 9.90. The Morgan fingerprint density at radius 2 is 2.18 bits per heavy atom. The topological polar surface area (TPSA) is 35.5 Å². The van der Waals surface area contributed by atoms with Gasteiger partial charge in [0.1, 0.15) is 17.1 Å². The zero-order valence-corrected chi connectivity index (χ0v) is 11.5. The molecule has 0 radical (unpaired) electrons. The molecule has 4 heteroatoms. The quantitative estimate of drug-likeness (QED) is 0.599. The molecule has 1 aliphatic rings. The Labute approximate surface area is 104 Å². The lowest BCUT2D eigenvalue weighted by Gasteiger charge is -2.33. The van der Waals surface area contributed by atoms with Crippen LogP contribution in [0.3, 0.4) is 0 Å². The number of ether oxygens (including phenoxy) is 1. The predicted octanol–water partition coefficient (Wildman–Crippen LogP) is 3.16. The molecule has 0 fully saturated rings. The summed E-state index contributed by atoms with van der Waals surface area (Å²) in [4.78, 5) is 11.7. The fourth-order valence-corrected chi connectivity index (χ4v) is 2.41. The highest BCUT2D eigenvalue weighted by molar-refractivity contribution is 7.10. The van der Waals surface area contributed by atoms with Crippen LogP contribution in [0.1, 0.15) is 43.1 Å². The Morgan fingerprint density at radius 3 is 2.76 bits per heavy atom. The lowest BCUT2D eigenvalue weighted by molar-refractivity contribution is 0.0830. The largest absolute Gasteiger partial charge is 0.488 e. The number of ketones is 1. The lowest BCUT2D eigenvalue weighted by Crippen LogP contribution is -2.33. The van der Waals surface area contributed by atoms with Gasteiger partial charge in [0.25, 0.3) is 0 Å². The smallest absolute Gasteiger partial charge is 0.163 e. The molecule has 0 N–H and O–H groups in total. The summed E-state index contributed by atoms with van der Waals surface area (Å²) in [6, 6.07) is 3.66. The molecule has 0 amide bonds. The Balaban J connectivity index is 2.55. The highest BCUT2D eigenvalue weighted by Crippen LogP contribution is 2.39. The standard InChI is InChI=1S/C13H17O3P/c1-8(14)12-9-6-7-13(2,3)15-10(9)4-5-11(12)16-17/h4-5H,6-7,17H2,1-3H3. The Hall–Kier alpha value is -1.08. The van der Waals surface area contributed by atoms with E-state index in [1.807, 2.05) is 6.07 Å². The Bertz CT molecular complexity index is 466. The summed E-state index contributed by atoms with van der Waals surface area (Å²) in [6.45, 7) is 5.68. The predicted molar refractivity (Wildman–Crippen MR) is 69.8 cm³/mol. The molecule has 0 aliphatic carbocycles. The molecule has 1 aromatic carbocycles. The minimum Gasteiger partial charge on any atom is -0.488 e. The van der Waals surface area contributed by atoms with Crippen molar-refractivity contribution in [2.75, 3.05) is 0 Å². The minimum atomic E-state index is -0.162. The summed E-state index contributed by atoms with van der Waals surface area (Å²) in [5.74, 6) is 1.42. The van der Waals surface area contributed by atoms with Gasteiger partial charge in [-0.3, -0.25) is 4.79 Å². The van der Waals surface area contributed by atoms with E-state index < -0.39 is 0 Å². The minimum absolute atomic E-state index is 0.0163. The Morgan fingerprint density at radius 1 is 1.47 bits per heavy atom. The third kappa shape index (κ3) is 2.30. The molecule has 0 spiro atoms. The third-order valence-corrected chi connectivity index (χ3v) is 3.33. The first-order chi connectivity index (χ1) is 7.94. The number of benzene rings is 1. The van der Waals surface area contributed by atoms with Gasteiger partial charge < -0.3 is 9.26 Å². The summed E-state index contributed by atoms with van der Waals surface area (Å²) in [7, 11) is 2.18. The number of hydrogen-bond acceptors (Lipinski definition) is 3. The second-order valence-corrected chi connectivity index (χ2v) is 5.19. The van der Waals surface area contributed by atoms with E-state index in [0.717, 1.165) is 24.2 Å². The van der Waals surface area contributed by atoms with Crippen molar-refractivity contribution < 1.29 is 14.1 Å². The summed E-state index contributed by atoms with van der Waals surface area (Å²) in [5, 5.41) is 0. The second-order valence-electron chi connectivity index (χ2n) is 4.95. The highest BCUT2D eigenvalue weighted by Gasteiger charge is 2.30. The molecule has 1 heterocycles. The molecule has 0 saturated carbocycles. The average Bonchev–Trinajstić information content (AvgIpc) is 2.25. The number of fused-ring (bicyclic) bond motifs is 1. The molecule has 0 aromatic heterocycles. The van der Waals surface area contributed by atoms with Gasteiger partial charge in [-0.2, -0.15) is 0 Å². The van der Waals surface area contributed by atoms with Crippen molar-refractivity contribution in [1.82, 2.24) is 0 Å². The van der Waals surface area contributed by atoms with E-state index in [0.29, 0.717) is 11.3 Å².